The molecule has 116 valence electrons. The fourth-order valence-corrected chi connectivity index (χ4v) is 3.11. The van der Waals surface area contributed by atoms with Crippen molar-refractivity contribution >= 4 is 5.91 Å². The van der Waals surface area contributed by atoms with E-state index in [1.54, 1.807) is 13.2 Å². The van der Waals surface area contributed by atoms with Crippen molar-refractivity contribution in [2.75, 3.05) is 20.1 Å². The molecule has 0 unspecified atom stereocenters. The van der Waals surface area contributed by atoms with Crippen LogP contribution in [0, 0.1) is 0 Å². The van der Waals surface area contributed by atoms with E-state index in [9.17, 15) is 4.79 Å². The van der Waals surface area contributed by atoms with Gasteiger partial charge in [0.25, 0.3) is 5.91 Å². The van der Waals surface area contributed by atoms with Crippen LogP contribution >= 0.6 is 0 Å². The first kappa shape index (κ1) is 14.7. The Hall–Kier alpha value is -2.21. The molecule has 3 rings (SSSR count). The Balaban J connectivity index is 1.71. The molecule has 22 heavy (non-hydrogen) atoms. The Bertz CT molecular complexity index is 624. The van der Waals surface area contributed by atoms with Gasteiger partial charge in [-0.3, -0.25) is 19.8 Å². The van der Waals surface area contributed by atoms with E-state index in [1.165, 1.54) is 5.56 Å². The highest BCUT2D eigenvalue weighted by molar-refractivity contribution is 5.95. The SMILES string of the molecule is CNC(=O)c1cn[nH]c1[C@H]1CCCN1CCc1ccncc1. The van der Waals surface area contributed by atoms with Crippen molar-refractivity contribution in [3.05, 3.63) is 47.5 Å². The molecule has 0 bridgehead atoms. The van der Waals surface area contributed by atoms with E-state index in [0.29, 0.717) is 5.56 Å². The van der Waals surface area contributed by atoms with E-state index in [2.05, 4.69) is 37.5 Å². The summed E-state index contributed by atoms with van der Waals surface area (Å²) >= 11 is 0. The third kappa shape index (κ3) is 3.01. The van der Waals surface area contributed by atoms with E-state index in [1.807, 2.05) is 12.4 Å². The van der Waals surface area contributed by atoms with E-state index in [-0.39, 0.29) is 11.9 Å². The quantitative estimate of drug-likeness (QED) is 0.878. The van der Waals surface area contributed by atoms with Crippen LogP contribution in [0.15, 0.2) is 30.7 Å². The van der Waals surface area contributed by atoms with Gasteiger partial charge >= 0.3 is 0 Å². The van der Waals surface area contributed by atoms with Gasteiger partial charge in [0.2, 0.25) is 0 Å². The van der Waals surface area contributed by atoms with E-state index in [0.717, 1.165) is 38.0 Å². The third-order valence-corrected chi connectivity index (χ3v) is 4.27. The maximum absolute atomic E-state index is 11.9. The summed E-state index contributed by atoms with van der Waals surface area (Å²) in [5.41, 5.74) is 2.88. The molecule has 0 radical (unpaired) electrons. The predicted molar refractivity (Wildman–Crippen MR) is 83.5 cm³/mol. The van der Waals surface area contributed by atoms with E-state index in [4.69, 9.17) is 0 Å². The zero-order valence-corrected chi connectivity index (χ0v) is 12.7. The molecule has 1 fully saturated rings. The van der Waals surface area contributed by atoms with Gasteiger partial charge in [-0.15, -0.1) is 0 Å². The van der Waals surface area contributed by atoms with E-state index >= 15 is 0 Å². The van der Waals surface area contributed by atoms with Crippen LogP contribution < -0.4 is 5.32 Å². The van der Waals surface area contributed by atoms with Gasteiger partial charge in [-0.2, -0.15) is 5.10 Å². The minimum absolute atomic E-state index is 0.0790. The van der Waals surface area contributed by atoms with Crippen molar-refractivity contribution in [1.29, 1.82) is 0 Å². The Morgan fingerprint density at radius 1 is 1.45 bits per heavy atom. The van der Waals surface area contributed by atoms with Gasteiger partial charge in [-0.1, -0.05) is 0 Å². The summed E-state index contributed by atoms with van der Waals surface area (Å²) in [6, 6.07) is 4.35. The van der Waals surface area contributed by atoms with Gasteiger partial charge in [0.15, 0.2) is 0 Å². The zero-order valence-electron chi connectivity index (χ0n) is 12.7. The van der Waals surface area contributed by atoms with Crippen molar-refractivity contribution in [3.8, 4) is 0 Å². The van der Waals surface area contributed by atoms with Crippen LogP contribution in [0.3, 0.4) is 0 Å². The first-order valence-electron chi connectivity index (χ1n) is 7.68. The number of rotatable bonds is 5. The number of likely N-dealkylation sites (tertiary alicyclic amines) is 1. The van der Waals surface area contributed by atoms with Crippen molar-refractivity contribution < 1.29 is 4.79 Å². The normalized spacial score (nSPS) is 18.5. The smallest absolute Gasteiger partial charge is 0.254 e. The molecule has 0 aromatic carbocycles. The summed E-state index contributed by atoms with van der Waals surface area (Å²) < 4.78 is 0. The standard InChI is InChI=1S/C16H21N5O/c1-17-16(22)13-11-19-20-15(13)14-3-2-9-21(14)10-6-12-4-7-18-8-5-12/h4-5,7-8,11,14H,2-3,6,9-10H2,1H3,(H,17,22)(H,19,20)/t14-/m1/s1. The number of hydrogen-bond acceptors (Lipinski definition) is 4. The number of carbonyl (C=O) groups excluding carboxylic acids is 1. The van der Waals surface area contributed by atoms with E-state index < -0.39 is 0 Å². The molecule has 2 N–H and O–H groups in total. The highest BCUT2D eigenvalue weighted by Crippen LogP contribution is 2.32. The molecule has 0 saturated carbocycles. The highest BCUT2D eigenvalue weighted by Gasteiger charge is 2.30. The molecule has 2 aromatic heterocycles. The molecule has 2 aromatic rings. The van der Waals surface area contributed by atoms with Crippen LogP contribution in [0.2, 0.25) is 0 Å². The van der Waals surface area contributed by atoms with Crippen LogP contribution in [0.5, 0.6) is 0 Å². The monoisotopic (exact) mass is 299 g/mol. The van der Waals surface area contributed by atoms with Crippen LogP contribution in [0.4, 0.5) is 0 Å². The second kappa shape index (κ2) is 6.70. The summed E-state index contributed by atoms with van der Waals surface area (Å²) in [5, 5.41) is 9.78. The minimum Gasteiger partial charge on any atom is -0.355 e. The summed E-state index contributed by atoms with van der Waals surface area (Å²) in [4.78, 5) is 18.4. The molecule has 0 aliphatic carbocycles. The average Bonchev–Trinajstić information content (AvgIpc) is 3.21. The fourth-order valence-electron chi connectivity index (χ4n) is 3.11. The lowest BCUT2D eigenvalue weighted by Gasteiger charge is -2.24. The fraction of sp³-hybridized carbons (Fsp3) is 0.438. The first-order valence-corrected chi connectivity index (χ1v) is 7.68. The number of carbonyl (C=O) groups is 1. The molecule has 1 amide bonds. The number of nitrogens with zero attached hydrogens (tertiary/aromatic N) is 3. The van der Waals surface area contributed by atoms with Gasteiger partial charge in [0, 0.05) is 26.0 Å². The summed E-state index contributed by atoms with van der Waals surface area (Å²) in [7, 11) is 1.65. The minimum atomic E-state index is -0.0790. The summed E-state index contributed by atoms with van der Waals surface area (Å²) in [6.07, 6.45) is 8.47. The highest BCUT2D eigenvalue weighted by atomic mass is 16.1. The second-order valence-corrected chi connectivity index (χ2v) is 5.58. The molecule has 6 nitrogen and oxygen atoms in total. The number of amides is 1. The van der Waals surface area contributed by atoms with Gasteiger partial charge in [-0.05, 0) is 43.5 Å². The summed E-state index contributed by atoms with van der Waals surface area (Å²) in [5.74, 6) is -0.0790. The lowest BCUT2D eigenvalue weighted by atomic mass is 10.1. The molecular weight excluding hydrogens is 278 g/mol. The lowest BCUT2D eigenvalue weighted by molar-refractivity contribution is 0.0960. The van der Waals surface area contributed by atoms with Crippen molar-refractivity contribution in [1.82, 2.24) is 25.4 Å². The molecule has 3 heterocycles. The van der Waals surface area contributed by atoms with Crippen LogP contribution in [-0.2, 0) is 6.42 Å². The maximum atomic E-state index is 11.9. The number of aromatic nitrogens is 3. The number of hydrogen-bond donors (Lipinski definition) is 2. The molecule has 1 atom stereocenters. The van der Waals surface area contributed by atoms with Crippen molar-refractivity contribution in [2.45, 2.75) is 25.3 Å². The number of pyridine rings is 1. The van der Waals surface area contributed by atoms with Crippen molar-refractivity contribution in [3.63, 3.8) is 0 Å². The molecule has 6 heteroatoms. The molecule has 1 aliphatic heterocycles. The van der Waals surface area contributed by atoms with Gasteiger partial charge in [0.05, 0.1) is 23.5 Å². The second-order valence-electron chi connectivity index (χ2n) is 5.58. The molecule has 1 aliphatic rings. The molecular formula is C16H21N5O. The maximum Gasteiger partial charge on any atom is 0.254 e. The number of nitrogens with one attached hydrogen (secondary N) is 2. The first-order chi connectivity index (χ1) is 10.8. The van der Waals surface area contributed by atoms with Gasteiger partial charge < -0.3 is 5.32 Å². The topological polar surface area (TPSA) is 73.9 Å². The van der Waals surface area contributed by atoms with Crippen LogP contribution in [-0.4, -0.2) is 46.1 Å². The Labute approximate surface area is 129 Å². The number of aromatic amines is 1. The Morgan fingerprint density at radius 2 is 2.27 bits per heavy atom. The predicted octanol–water partition coefficient (Wildman–Crippen LogP) is 1.54. The van der Waals surface area contributed by atoms with Gasteiger partial charge in [0.1, 0.15) is 0 Å². The summed E-state index contributed by atoms with van der Waals surface area (Å²) in [6.45, 7) is 2.03. The average molecular weight is 299 g/mol. The Kier molecular flexibility index (Phi) is 4.48. The number of H-pyrrole nitrogens is 1. The zero-order chi connectivity index (χ0) is 15.4. The lowest BCUT2D eigenvalue weighted by Crippen LogP contribution is -2.28. The van der Waals surface area contributed by atoms with Gasteiger partial charge in [-0.25, -0.2) is 0 Å². The van der Waals surface area contributed by atoms with Crippen LogP contribution in [0.25, 0.3) is 0 Å². The van der Waals surface area contributed by atoms with Crippen molar-refractivity contribution in [2.24, 2.45) is 0 Å². The largest absolute Gasteiger partial charge is 0.355 e. The molecule has 1 saturated heterocycles. The molecule has 0 spiro atoms. The Morgan fingerprint density at radius 3 is 3.05 bits per heavy atom. The van der Waals surface area contributed by atoms with Crippen LogP contribution in [0.1, 0.15) is 40.5 Å². The third-order valence-electron chi connectivity index (χ3n) is 4.27.